The van der Waals surface area contributed by atoms with Gasteiger partial charge in [-0.05, 0) is 19.5 Å². The van der Waals surface area contributed by atoms with Gasteiger partial charge >= 0.3 is 0 Å². The van der Waals surface area contributed by atoms with Crippen molar-refractivity contribution >= 4 is 0 Å². The van der Waals surface area contributed by atoms with Crippen molar-refractivity contribution in [3.05, 3.63) is 28.3 Å². The smallest absolute Gasteiger partial charge is 0.226 e. The molecule has 0 saturated carbocycles. The molecule has 84 valence electrons. The van der Waals surface area contributed by atoms with Crippen LogP contribution in [-0.4, -0.2) is 23.1 Å². The van der Waals surface area contributed by atoms with Crippen molar-refractivity contribution in [3.8, 4) is 5.75 Å². The number of aromatic hydroxyl groups is 1. The van der Waals surface area contributed by atoms with E-state index in [1.54, 1.807) is 0 Å². The van der Waals surface area contributed by atoms with E-state index in [2.05, 4.69) is 11.8 Å². The first kappa shape index (κ1) is 11.8. The van der Waals surface area contributed by atoms with E-state index in [9.17, 15) is 9.90 Å². The molecule has 1 rings (SSSR count). The third-order valence-corrected chi connectivity index (χ3v) is 2.28. The van der Waals surface area contributed by atoms with Crippen molar-refractivity contribution in [2.24, 2.45) is 0 Å². The molecule has 0 aliphatic heterocycles. The van der Waals surface area contributed by atoms with Gasteiger partial charge in [-0.15, -0.1) is 0 Å². The summed E-state index contributed by atoms with van der Waals surface area (Å²) in [6.07, 6.45) is 2.35. The predicted octanol–water partition coefficient (Wildman–Crippen LogP) is 1.58. The molecule has 4 heteroatoms. The van der Waals surface area contributed by atoms with Crippen LogP contribution in [0.15, 0.2) is 21.5 Å². The Morgan fingerprint density at radius 3 is 2.80 bits per heavy atom. The molecule has 0 bridgehead atoms. The molecule has 1 aromatic heterocycles. The maximum Gasteiger partial charge on any atom is 0.226 e. The van der Waals surface area contributed by atoms with E-state index in [4.69, 9.17) is 4.42 Å². The van der Waals surface area contributed by atoms with Crippen LogP contribution in [0, 0.1) is 0 Å². The van der Waals surface area contributed by atoms with Crippen LogP contribution in [0.4, 0.5) is 0 Å². The zero-order valence-corrected chi connectivity index (χ0v) is 9.19. The minimum atomic E-state index is -0.385. The maximum absolute atomic E-state index is 11.1. The molecular weight excluding hydrogens is 194 g/mol. The summed E-state index contributed by atoms with van der Waals surface area (Å²) in [4.78, 5) is 13.2. The fraction of sp³-hybridized carbons (Fsp3) is 0.545. The predicted molar refractivity (Wildman–Crippen MR) is 57.9 cm³/mol. The summed E-state index contributed by atoms with van der Waals surface area (Å²) in [7, 11) is 0. The lowest BCUT2D eigenvalue weighted by atomic mass is 10.3. The first-order valence-electron chi connectivity index (χ1n) is 5.21. The number of hydrogen-bond acceptors (Lipinski definition) is 4. The van der Waals surface area contributed by atoms with Crippen LogP contribution in [0.3, 0.4) is 0 Å². The molecule has 0 spiro atoms. The van der Waals surface area contributed by atoms with Gasteiger partial charge in [-0.1, -0.05) is 13.8 Å². The monoisotopic (exact) mass is 211 g/mol. The van der Waals surface area contributed by atoms with Gasteiger partial charge in [0.15, 0.2) is 5.76 Å². The molecule has 0 radical (unpaired) electrons. The van der Waals surface area contributed by atoms with Gasteiger partial charge < -0.3 is 9.52 Å². The lowest BCUT2D eigenvalue weighted by molar-refractivity contribution is 0.245. The topological polar surface area (TPSA) is 53.7 Å². The summed E-state index contributed by atoms with van der Waals surface area (Å²) in [6.45, 7) is 6.39. The van der Waals surface area contributed by atoms with E-state index >= 15 is 0 Å². The van der Waals surface area contributed by atoms with Gasteiger partial charge in [-0.2, -0.15) is 0 Å². The van der Waals surface area contributed by atoms with Crippen molar-refractivity contribution in [1.82, 2.24) is 4.90 Å². The average molecular weight is 211 g/mol. The van der Waals surface area contributed by atoms with Crippen LogP contribution in [0.1, 0.15) is 26.0 Å². The SMILES string of the molecule is CCCN(CC)Cc1occc(=O)c1O. The summed E-state index contributed by atoms with van der Waals surface area (Å²) in [5.74, 6) is 0.0739. The van der Waals surface area contributed by atoms with E-state index in [1.165, 1.54) is 12.3 Å². The summed E-state index contributed by atoms with van der Waals surface area (Å²) >= 11 is 0. The number of hydrogen-bond donors (Lipinski definition) is 1. The van der Waals surface area contributed by atoms with Crippen LogP contribution < -0.4 is 5.43 Å². The minimum Gasteiger partial charge on any atom is -0.502 e. The third kappa shape index (κ3) is 3.09. The fourth-order valence-electron chi connectivity index (χ4n) is 1.43. The van der Waals surface area contributed by atoms with Crippen LogP contribution in [0.5, 0.6) is 5.75 Å². The second-order valence-corrected chi connectivity index (χ2v) is 3.43. The molecule has 0 saturated heterocycles. The lowest BCUT2D eigenvalue weighted by Gasteiger charge is -2.18. The van der Waals surface area contributed by atoms with Gasteiger partial charge in [0.1, 0.15) is 0 Å². The highest BCUT2D eigenvalue weighted by atomic mass is 16.4. The highest BCUT2D eigenvalue weighted by Crippen LogP contribution is 2.13. The van der Waals surface area contributed by atoms with Gasteiger partial charge in [0.25, 0.3) is 0 Å². The van der Waals surface area contributed by atoms with Gasteiger partial charge in [-0.3, -0.25) is 9.69 Å². The molecule has 1 aromatic rings. The molecule has 0 fully saturated rings. The Kier molecular flexibility index (Phi) is 4.37. The Balaban J connectivity index is 2.79. The summed E-state index contributed by atoms with van der Waals surface area (Å²) in [5, 5.41) is 9.48. The molecule has 0 atom stereocenters. The fourth-order valence-corrected chi connectivity index (χ4v) is 1.43. The first-order valence-corrected chi connectivity index (χ1v) is 5.21. The molecule has 0 amide bonds. The van der Waals surface area contributed by atoms with E-state index in [1.807, 2.05) is 6.92 Å². The molecule has 15 heavy (non-hydrogen) atoms. The standard InChI is InChI=1S/C11H17NO3/c1-3-6-12(4-2)8-10-11(14)9(13)5-7-15-10/h5,7,14H,3-4,6,8H2,1-2H3. The van der Waals surface area contributed by atoms with Crippen LogP contribution >= 0.6 is 0 Å². The second kappa shape index (κ2) is 5.56. The van der Waals surface area contributed by atoms with Crippen molar-refractivity contribution in [1.29, 1.82) is 0 Å². The summed E-state index contributed by atoms with van der Waals surface area (Å²) in [6, 6.07) is 1.22. The zero-order valence-electron chi connectivity index (χ0n) is 9.19. The van der Waals surface area contributed by atoms with Crippen molar-refractivity contribution in [2.45, 2.75) is 26.8 Å². The molecule has 1 heterocycles. The van der Waals surface area contributed by atoms with Crippen molar-refractivity contribution in [3.63, 3.8) is 0 Å². The highest BCUT2D eigenvalue weighted by Gasteiger charge is 2.10. The number of rotatable bonds is 5. The molecule has 0 aliphatic carbocycles. The van der Waals surface area contributed by atoms with Crippen LogP contribution in [0.25, 0.3) is 0 Å². The number of nitrogens with zero attached hydrogens (tertiary/aromatic N) is 1. The minimum absolute atomic E-state index is 0.271. The summed E-state index contributed by atoms with van der Waals surface area (Å²) < 4.78 is 5.13. The second-order valence-electron chi connectivity index (χ2n) is 3.43. The highest BCUT2D eigenvalue weighted by molar-refractivity contribution is 5.22. The van der Waals surface area contributed by atoms with Crippen LogP contribution in [-0.2, 0) is 6.54 Å². The third-order valence-electron chi connectivity index (χ3n) is 2.28. The summed E-state index contributed by atoms with van der Waals surface area (Å²) in [5.41, 5.74) is -0.385. The average Bonchev–Trinajstić information content (AvgIpc) is 2.24. The van der Waals surface area contributed by atoms with E-state index in [0.717, 1.165) is 19.5 Å². The molecule has 4 nitrogen and oxygen atoms in total. The van der Waals surface area contributed by atoms with Gasteiger partial charge in [0.05, 0.1) is 12.8 Å². The molecule has 0 aromatic carbocycles. The zero-order chi connectivity index (χ0) is 11.3. The van der Waals surface area contributed by atoms with Gasteiger partial charge in [-0.25, -0.2) is 0 Å². The molecular formula is C11H17NO3. The van der Waals surface area contributed by atoms with E-state index in [-0.39, 0.29) is 11.2 Å². The quantitative estimate of drug-likeness (QED) is 0.803. The molecule has 0 unspecified atom stereocenters. The Labute approximate surface area is 89.1 Å². The van der Waals surface area contributed by atoms with E-state index < -0.39 is 0 Å². The van der Waals surface area contributed by atoms with Gasteiger partial charge in [0, 0.05) is 6.07 Å². The Hall–Kier alpha value is -1.29. The Morgan fingerprint density at radius 1 is 1.47 bits per heavy atom. The normalized spacial score (nSPS) is 10.9. The lowest BCUT2D eigenvalue weighted by Crippen LogP contribution is -2.24. The molecule has 0 aliphatic rings. The Morgan fingerprint density at radius 2 is 2.20 bits per heavy atom. The largest absolute Gasteiger partial charge is 0.502 e. The Bertz CT molecular complexity index is 359. The van der Waals surface area contributed by atoms with Gasteiger partial charge in [0.2, 0.25) is 11.2 Å². The van der Waals surface area contributed by atoms with Crippen LogP contribution in [0.2, 0.25) is 0 Å². The molecule has 1 N–H and O–H groups in total. The van der Waals surface area contributed by atoms with E-state index in [0.29, 0.717) is 12.3 Å². The maximum atomic E-state index is 11.1. The first-order chi connectivity index (χ1) is 7.19. The van der Waals surface area contributed by atoms with Crippen molar-refractivity contribution in [2.75, 3.05) is 13.1 Å². The van der Waals surface area contributed by atoms with Crippen molar-refractivity contribution < 1.29 is 9.52 Å².